The van der Waals surface area contributed by atoms with E-state index in [2.05, 4.69) is 30.6 Å². The van der Waals surface area contributed by atoms with Crippen LogP contribution in [-0.4, -0.2) is 0 Å². The predicted molar refractivity (Wildman–Crippen MR) is 49.9 cm³/mol. The lowest BCUT2D eigenvalue weighted by molar-refractivity contribution is 0.828. The zero-order valence-electron chi connectivity index (χ0n) is 7.28. The number of hydrogen-bond donors (Lipinski definition) is 0. The highest BCUT2D eigenvalue weighted by molar-refractivity contribution is 5.24. The second-order valence-corrected chi connectivity index (χ2v) is 2.15. The molecule has 0 heterocycles. The van der Waals surface area contributed by atoms with E-state index in [-0.39, 0.29) is 0 Å². The number of rotatable bonds is 2. The summed E-state index contributed by atoms with van der Waals surface area (Å²) in [6.45, 7) is 3.98. The van der Waals surface area contributed by atoms with Crippen molar-refractivity contribution >= 4 is 0 Å². The predicted octanol–water partition coefficient (Wildman–Crippen LogP) is 2.76. The second-order valence-electron chi connectivity index (χ2n) is 2.15. The van der Waals surface area contributed by atoms with Gasteiger partial charge in [-0.3, -0.25) is 0 Å². The summed E-state index contributed by atoms with van der Waals surface area (Å²) in [7, 11) is 0. The Labute approximate surface area is 69.7 Å². The Kier molecular flexibility index (Phi) is 7.94. The van der Waals surface area contributed by atoms with Crippen LogP contribution in [0.3, 0.4) is 0 Å². The van der Waals surface area contributed by atoms with E-state index >= 15 is 0 Å². The molecule has 0 aromatic carbocycles. The zero-order valence-corrected chi connectivity index (χ0v) is 7.28. The fourth-order valence-corrected chi connectivity index (χ4v) is 0.563. The van der Waals surface area contributed by atoms with Crippen LogP contribution in [0.4, 0.5) is 0 Å². The maximum absolute atomic E-state index is 3.04. The fourth-order valence-electron chi connectivity index (χ4n) is 0.563. The third-order valence-electron chi connectivity index (χ3n) is 1.15. The van der Waals surface area contributed by atoms with Crippen LogP contribution in [0.25, 0.3) is 0 Å². The van der Waals surface area contributed by atoms with Gasteiger partial charge in [0.2, 0.25) is 0 Å². The molecular formula is C11H14. The first-order chi connectivity index (χ1) is 5.41. The SMILES string of the molecule is CC#C/C=C/C#CCCCC. The molecule has 0 saturated heterocycles. The molecule has 0 bridgehead atoms. The summed E-state index contributed by atoms with van der Waals surface area (Å²) < 4.78 is 0. The van der Waals surface area contributed by atoms with Crippen LogP contribution in [0.5, 0.6) is 0 Å². The van der Waals surface area contributed by atoms with Gasteiger partial charge in [0.05, 0.1) is 0 Å². The normalized spacial score (nSPS) is 8.18. The summed E-state index contributed by atoms with van der Waals surface area (Å²) in [5.41, 5.74) is 0. The molecule has 0 aliphatic heterocycles. The minimum absolute atomic E-state index is 1.00. The molecule has 0 aliphatic carbocycles. The Morgan fingerprint density at radius 2 is 1.91 bits per heavy atom. The van der Waals surface area contributed by atoms with E-state index < -0.39 is 0 Å². The number of unbranched alkanes of at least 4 members (excludes halogenated alkanes) is 2. The van der Waals surface area contributed by atoms with Crippen LogP contribution < -0.4 is 0 Å². The van der Waals surface area contributed by atoms with Crippen molar-refractivity contribution in [3.63, 3.8) is 0 Å². The Balaban J connectivity index is 3.44. The Hall–Kier alpha value is -1.14. The Morgan fingerprint density at radius 1 is 1.18 bits per heavy atom. The first-order valence-corrected chi connectivity index (χ1v) is 3.97. The molecule has 0 aromatic heterocycles. The van der Waals surface area contributed by atoms with Crippen molar-refractivity contribution in [2.24, 2.45) is 0 Å². The standard InChI is InChI=1S/C11H14/c1-3-5-7-9-11-10-8-6-4-2/h8,10H,3,5,7H2,1-2H3/b10-8+. The van der Waals surface area contributed by atoms with Crippen molar-refractivity contribution < 1.29 is 0 Å². The van der Waals surface area contributed by atoms with E-state index in [4.69, 9.17) is 0 Å². The monoisotopic (exact) mass is 146 g/mol. The van der Waals surface area contributed by atoms with Gasteiger partial charge in [0, 0.05) is 6.42 Å². The molecule has 0 spiro atoms. The minimum Gasteiger partial charge on any atom is -0.102 e. The van der Waals surface area contributed by atoms with E-state index in [0.717, 1.165) is 6.42 Å². The summed E-state index contributed by atoms with van der Waals surface area (Å²) in [5, 5.41) is 0. The van der Waals surface area contributed by atoms with Gasteiger partial charge in [0.1, 0.15) is 0 Å². The molecule has 0 aliphatic rings. The quantitative estimate of drug-likeness (QED) is 0.415. The van der Waals surface area contributed by atoms with Gasteiger partial charge in [-0.15, -0.1) is 5.92 Å². The molecular weight excluding hydrogens is 132 g/mol. The van der Waals surface area contributed by atoms with Gasteiger partial charge in [-0.2, -0.15) is 0 Å². The van der Waals surface area contributed by atoms with Crippen LogP contribution in [-0.2, 0) is 0 Å². The number of allylic oxidation sites excluding steroid dienone is 2. The van der Waals surface area contributed by atoms with Gasteiger partial charge in [-0.05, 0) is 25.5 Å². The van der Waals surface area contributed by atoms with Crippen molar-refractivity contribution in [1.82, 2.24) is 0 Å². The Bertz CT molecular complexity index is 212. The maximum atomic E-state index is 3.04. The molecule has 0 saturated carbocycles. The molecule has 0 nitrogen and oxygen atoms in total. The summed E-state index contributed by atoms with van der Waals surface area (Å²) in [5.74, 6) is 11.5. The first kappa shape index (κ1) is 9.86. The van der Waals surface area contributed by atoms with E-state index in [9.17, 15) is 0 Å². The largest absolute Gasteiger partial charge is 0.102 e. The molecule has 0 atom stereocenters. The highest BCUT2D eigenvalue weighted by Crippen LogP contribution is 1.89. The molecule has 11 heavy (non-hydrogen) atoms. The second kappa shape index (κ2) is 8.86. The van der Waals surface area contributed by atoms with Gasteiger partial charge in [-0.25, -0.2) is 0 Å². The number of hydrogen-bond acceptors (Lipinski definition) is 0. The van der Waals surface area contributed by atoms with Crippen molar-refractivity contribution in [2.75, 3.05) is 0 Å². The summed E-state index contributed by atoms with van der Waals surface area (Å²) >= 11 is 0. The summed E-state index contributed by atoms with van der Waals surface area (Å²) in [6, 6.07) is 0. The lowest BCUT2D eigenvalue weighted by atomic mass is 10.2. The molecule has 0 rings (SSSR count). The molecule has 58 valence electrons. The van der Waals surface area contributed by atoms with Crippen molar-refractivity contribution in [2.45, 2.75) is 33.1 Å². The van der Waals surface area contributed by atoms with Crippen LogP contribution in [0.15, 0.2) is 12.2 Å². The molecule has 0 heteroatoms. The Morgan fingerprint density at radius 3 is 2.55 bits per heavy atom. The average molecular weight is 146 g/mol. The highest BCUT2D eigenvalue weighted by atomic mass is 13.8. The first-order valence-electron chi connectivity index (χ1n) is 3.97. The summed E-state index contributed by atoms with van der Waals surface area (Å²) in [4.78, 5) is 0. The smallest absolute Gasteiger partial charge is 0.00921 e. The topological polar surface area (TPSA) is 0 Å². The zero-order chi connectivity index (χ0) is 8.36. The van der Waals surface area contributed by atoms with Gasteiger partial charge < -0.3 is 0 Å². The minimum atomic E-state index is 1.00. The summed E-state index contributed by atoms with van der Waals surface area (Å²) in [6.07, 6.45) is 6.99. The van der Waals surface area contributed by atoms with E-state index in [1.807, 2.05) is 6.92 Å². The molecule has 0 amide bonds. The van der Waals surface area contributed by atoms with Crippen molar-refractivity contribution in [1.29, 1.82) is 0 Å². The van der Waals surface area contributed by atoms with E-state index in [0.29, 0.717) is 0 Å². The molecule has 0 aromatic rings. The van der Waals surface area contributed by atoms with Crippen LogP contribution in [0, 0.1) is 23.7 Å². The molecule has 0 radical (unpaired) electrons. The maximum Gasteiger partial charge on any atom is 0.00921 e. The van der Waals surface area contributed by atoms with Gasteiger partial charge in [0.15, 0.2) is 0 Å². The van der Waals surface area contributed by atoms with Crippen molar-refractivity contribution in [3.8, 4) is 23.7 Å². The molecule has 0 fully saturated rings. The van der Waals surface area contributed by atoms with Crippen LogP contribution >= 0.6 is 0 Å². The third-order valence-corrected chi connectivity index (χ3v) is 1.15. The van der Waals surface area contributed by atoms with Crippen LogP contribution in [0.1, 0.15) is 33.1 Å². The fraction of sp³-hybridized carbons (Fsp3) is 0.455. The average Bonchev–Trinajstić information content (AvgIpc) is 2.03. The molecule has 0 N–H and O–H groups in total. The van der Waals surface area contributed by atoms with Gasteiger partial charge in [-0.1, -0.05) is 31.1 Å². The third kappa shape index (κ3) is 8.86. The van der Waals surface area contributed by atoms with E-state index in [1.54, 1.807) is 12.2 Å². The van der Waals surface area contributed by atoms with Gasteiger partial charge >= 0.3 is 0 Å². The van der Waals surface area contributed by atoms with E-state index in [1.165, 1.54) is 12.8 Å². The highest BCUT2D eigenvalue weighted by Gasteiger charge is 1.73. The van der Waals surface area contributed by atoms with Gasteiger partial charge in [0.25, 0.3) is 0 Å². The lowest BCUT2D eigenvalue weighted by Gasteiger charge is -1.81. The van der Waals surface area contributed by atoms with Crippen LogP contribution in [0.2, 0.25) is 0 Å². The molecule has 0 unspecified atom stereocenters. The van der Waals surface area contributed by atoms with Crippen molar-refractivity contribution in [3.05, 3.63) is 12.2 Å². The lowest BCUT2D eigenvalue weighted by Crippen LogP contribution is -1.65.